The first-order valence-corrected chi connectivity index (χ1v) is 6.36. The SMILES string of the molecule is CC(C)c1ccsc1C(=O)N(C)CCC(=O)O. The molecule has 0 saturated heterocycles. The van der Waals surface area contributed by atoms with Crippen LogP contribution in [0.4, 0.5) is 0 Å². The molecular weight excluding hydrogens is 238 g/mol. The molecule has 1 rings (SSSR count). The summed E-state index contributed by atoms with van der Waals surface area (Å²) in [6.07, 6.45) is -0.0232. The number of carboxylic acids is 1. The minimum absolute atomic E-state index is 0.0232. The van der Waals surface area contributed by atoms with Crippen LogP contribution in [-0.2, 0) is 4.79 Å². The summed E-state index contributed by atoms with van der Waals surface area (Å²) in [5, 5.41) is 10.5. The topological polar surface area (TPSA) is 57.6 Å². The highest BCUT2D eigenvalue weighted by Gasteiger charge is 2.19. The Morgan fingerprint density at radius 1 is 1.47 bits per heavy atom. The Kier molecular flexibility index (Phi) is 4.69. The number of rotatable bonds is 5. The van der Waals surface area contributed by atoms with E-state index in [0.717, 1.165) is 5.56 Å². The van der Waals surface area contributed by atoms with Gasteiger partial charge in [0.15, 0.2) is 0 Å². The van der Waals surface area contributed by atoms with E-state index in [0.29, 0.717) is 10.8 Å². The molecule has 0 fully saturated rings. The molecule has 4 nitrogen and oxygen atoms in total. The van der Waals surface area contributed by atoms with Crippen LogP contribution in [0.5, 0.6) is 0 Å². The van der Waals surface area contributed by atoms with Crippen LogP contribution in [0.15, 0.2) is 11.4 Å². The summed E-state index contributed by atoms with van der Waals surface area (Å²) in [4.78, 5) is 24.7. The van der Waals surface area contributed by atoms with Gasteiger partial charge in [0.25, 0.3) is 5.91 Å². The number of nitrogens with zero attached hydrogens (tertiary/aromatic N) is 1. The van der Waals surface area contributed by atoms with Gasteiger partial charge in [-0.3, -0.25) is 9.59 Å². The summed E-state index contributed by atoms with van der Waals surface area (Å²) >= 11 is 1.41. The van der Waals surface area contributed by atoms with E-state index < -0.39 is 5.97 Å². The van der Waals surface area contributed by atoms with Gasteiger partial charge in [0, 0.05) is 13.6 Å². The third-order valence-electron chi connectivity index (χ3n) is 2.52. The van der Waals surface area contributed by atoms with Gasteiger partial charge >= 0.3 is 5.97 Å². The van der Waals surface area contributed by atoms with Crippen molar-refractivity contribution >= 4 is 23.2 Å². The summed E-state index contributed by atoms with van der Waals surface area (Å²) in [6.45, 7) is 4.32. The molecule has 1 aromatic rings. The molecule has 1 N–H and O–H groups in total. The normalized spacial score (nSPS) is 10.6. The van der Waals surface area contributed by atoms with E-state index in [-0.39, 0.29) is 18.9 Å². The Balaban J connectivity index is 2.74. The molecule has 0 radical (unpaired) electrons. The van der Waals surface area contributed by atoms with Gasteiger partial charge in [-0.25, -0.2) is 0 Å². The number of aliphatic carboxylic acids is 1. The summed E-state index contributed by atoms with van der Waals surface area (Å²) in [7, 11) is 1.63. The highest BCUT2D eigenvalue weighted by atomic mass is 32.1. The summed E-state index contributed by atoms with van der Waals surface area (Å²) < 4.78 is 0. The van der Waals surface area contributed by atoms with Crippen molar-refractivity contribution in [1.82, 2.24) is 4.90 Å². The number of amides is 1. The van der Waals surface area contributed by atoms with Crippen molar-refractivity contribution in [3.8, 4) is 0 Å². The minimum atomic E-state index is -0.889. The molecule has 0 aliphatic heterocycles. The van der Waals surface area contributed by atoms with E-state index in [1.807, 2.05) is 25.3 Å². The lowest BCUT2D eigenvalue weighted by Crippen LogP contribution is -2.29. The van der Waals surface area contributed by atoms with E-state index in [2.05, 4.69) is 0 Å². The van der Waals surface area contributed by atoms with Gasteiger partial charge in [0.1, 0.15) is 0 Å². The second kappa shape index (κ2) is 5.82. The van der Waals surface area contributed by atoms with Gasteiger partial charge in [-0.1, -0.05) is 13.8 Å². The van der Waals surface area contributed by atoms with Crippen molar-refractivity contribution in [2.24, 2.45) is 0 Å². The van der Waals surface area contributed by atoms with Crippen molar-refractivity contribution in [3.63, 3.8) is 0 Å². The van der Waals surface area contributed by atoms with Crippen LogP contribution in [0.3, 0.4) is 0 Å². The van der Waals surface area contributed by atoms with Gasteiger partial charge in [0.05, 0.1) is 11.3 Å². The second-order valence-electron chi connectivity index (χ2n) is 4.23. The molecule has 5 heteroatoms. The van der Waals surface area contributed by atoms with Crippen molar-refractivity contribution in [2.45, 2.75) is 26.2 Å². The molecular formula is C12H17NO3S. The van der Waals surface area contributed by atoms with E-state index in [1.165, 1.54) is 16.2 Å². The summed E-state index contributed by atoms with van der Waals surface area (Å²) in [6, 6.07) is 1.95. The fourth-order valence-electron chi connectivity index (χ4n) is 1.49. The smallest absolute Gasteiger partial charge is 0.305 e. The van der Waals surface area contributed by atoms with E-state index >= 15 is 0 Å². The fourth-order valence-corrected chi connectivity index (χ4v) is 2.53. The van der Waals surface area contributed by atoms with Crippen LogP contribution in [0.1, 0.15) is 41.4 Å². The third-order valence-corrected chi connectivity index (χ3v) is 3.44. The predicted molar refractivity (Wildman–Crippen MR) is 67.6 cm³/mol. The lowest BCUT2D eigenvalue weighted by atomic mass is 10.0. The molecule has 94 valence electrons. The predicted octanol–water partition coefficient (Wildman–Crippen LogP) is 2.42. The number of carboxylic acid groups (broad SMARTS) is 1. The summed E-state index contributed by atoms with van der Waals surface area (Å²) in [5.74, 6) is -0.682. The zero-order valence-electron chi connectivity index (χ0n) is 10.3. The molecule has 0 aliphatic rings. The Labute approximate surface area is 105 Å². The standard InChI is InChI=1S/C12H17NO3S/c1-8(2)9-5-7-17-11(9)12(16)13(3)6-4-10(14)15/h5,7-8H,4,6H2,1-3H3,(H,14,15). The monoisotopic (exact) mass is 255 g/mol. The molecule has 0 spiro atoms. The van der Waals surface area contributed by atoms with Crippen molar-refractivity contribution in [1.29, 1.82) is 0 Å². The highest BCUT2D eigenvalue weighted by molar-refractivity contribution is 7.12. The number of carbonyl (C=O) groups excluding carboxylic acids is 1. The van der Waals surface area contributed by atoms with Crippen LogP contribution >= 0.6 is 11.3 Å². The quantitative estimate of drug-likeness (QED) is 0.879. The average Bonchev–Trinajstić information content (AvgIpc) is 2.73. The largest absolute Gasteiger partial charge is 0.481 e. The fraction of sp³-hybridized carbons (Fsp3) is 0.500. The average molecular weight is 255 g/mol. The van der Waals surface area contributed by atoms with Gasteiger partial charge in [0.2, 0.25) is 0 Å². The summed E-state index contributed by atoms with van der Waals surface area (Å²) in [5.41, 5.74) is 1.03. The van der Waals surface area contributed by atoms with Crippen LogP contribution < -0.4 is 0 Å². The Bertz CT molecular complexity index is 412. The molecule has 0 bridgehead atoms. The van der Waals surface area contributed by atoms with Crippen LogP contribution in [0.25, 0.3) is 0 Å². The zero-order valence-corrected chi connectivity index (χ0v) is 11.1. The first-order chi connectivity index (χ1) is 7.93. The number of thiophene rings is 1. The lowest BCUT2D eigenvalue weighted by molar-refractivity contribution is -0.137. The molecule has 0 unspecified atom stereocenters. The van der Waals surface area contributed by atoms with Crippen molar-refractivity contribution in [2.75, 3.05) is 13.6 Å². The maximum absolute atomic E-state index is 12.1. The van der Waals surface area contributed by atoms with Gasteiger partial charge < -0.3 is 10.0 Å². The third kappa shape index (κ3) is 3.56. The first kappa shape index (κ1) is 13.7. The Hall–Kier alpha value is -1.36. The van der Waals surface area contributed by atoms with Gasteiger partial charge in [-0.2, -0.15) is 0 Å². The minimum Gasteiger partial charge on any atom is -0.481 e. The van der Waals surface area contributed by atoms with Crippen molar-refractivity contribution < 1.29 is 14.7 Å². The van der Waals surface area contributed by atoms with Crippen LogP contribution in [0.2, 0.25) is 0 Å². The lowest BCUT2D eigenvalue weighted by Gasteiger charge is -2.16. The first-order valence-electron chi connectivity index (χ1n) is 5.48. The molecule has 0 atom stereocenters. The number of hydrogen-bond acceptors (Lipinski definition) is 3. The maximum Gasteiger partial charge on any atom is 0.305 e. The van der Waals surface area contributed by atoms with Crippen molar-refractivity contribution in [3.05, 3.63) is 21.9 Å². The maximum atomic E-state index is 12.1. The van der Waals surface area contributed by atoms with Gasteiger partial charge in [-0.15, -0.1) is 11.3 Å². The van der Waals surface area contributed by atoms with E-state index in [4.69, 9.17) is 5.11 Å². The molecule has 0 aromatic carbocycles. The van der Waals surface area contributed by atoms with E-state index in [9.17, 15) is 9.59 Å². The molecule has 1 heterocycles. The molecule has 0 aliphatic carbocycles. The number of hydrogen-bond donors (Lipinski definition) is 1. The molecule has 17 heavy (non-hydrogen) atoms. The molecule has 1 aromatic heterocycles. The van der Waals surface area contributed by atoms with E-state index in [1.54, 1.807) is 7.05 Å². The Morgan fingerprint density at radius 3 is 2.65 bits per heavy atom. The highest BCUT2D eigenvalue weighted by Crippen LogP contribution is 2.25. The zero-order chi connectivity index (χ0) is 13.0. The van der Waals surface area contributed by atoms with Gasteiger partial charge in [-0.05, 0) is 22.9 Å². The Morgan fingerprint density at radius 2 is 2.12 bits per heavy atom. The molecule has 1 amide bonds. The van der Waals surface area contributed by atoms with Crippen LogP contribution in [0, 0.1) is 0 Å². The van der Waals surface area contributed by atoms with Crippen LogP contribution in [-0.4, -0.2) is 35.5 Å². The molecule has 0 saturated carbocycles. The number of carbonyl (C=O) groups is 2. The second-order valence-corrected chi connectivity index (χ2v) is 5.15.